The van der Waals surface area contributed by atoms with Crippen LogP contribution in [0.25, 0.3) is 11.0 Å². The number of carbonyl (C=O) groups is 1. The van der Waals surface area contributed by atoms with E-state index in [4.69, 9.17) is 28.1 Å². The van der Waals surface area contributed by atoms with Gasteiger partial charge in [0.25, 0.3) is 5.91 Å². The van der Waals surface area contributed by atoms with Gasteiger partial charge in [0.2, 0.25) is 12.5 Å². The average molecular weight is 487 g/mol. The van der Waals surface area contributed by atoms with E-state index in [0.29, 0.717) is 51.0 Å². The zero-order chi connectivity index (χ0) is 24.8. The topological polar surface area (TPSA) is 105 Å². The maximum atomic E-state index is 13.6. The van der Waals surface area contributed by atoms with Crippen molar-refractivity contribution >= 4 is 22.6 Å². The van der Waals surface area contributed by atoms with Crippen molar-refractivity contribution < 1.29 is 32.9 Å². The average Bonchev–Trinajstić information content (AvgIpc) is 3.54. The Labute approximate surface area is 205 Å². The van der Waals surface area contributed by atoms with Crippen molar-refractivity contribution in [2.75, 3.05) is 26.3 Å². The minimum Gasteiger partial charge on any atom is -0.497 e. The molecule has 0 radical (unpaired) electrons. The summed E-state index contributed by atoms with van der Waals surface area (Å²) in [5.74, 6) is 1.00. The lowest BCUT2D eigenvalue weighted by Crippen LogP contribution is -2.35. The summed E-state index contributed by atoms with van der Waals surface area (Å²) in [7, 11) is 3.06. The Bertz CT molecular complexity index is 1560. The van der Waals surface area contributed by atoms with Crippen molar-refractivity contribution in [3.63, 3.8) is 0 Å². The lowest BCUT2D eigenvalue weighted by Gasteiger charge is -2.20. The van der Waals surface area contributed by atoms with Crippen molar-refractivity contribution in [1.82, 2.24) is 0 Å². The van der Waals surface area contributed by atoms with Crippen LogP contribution in [0.4, 0.5) is 5.69 Å². The lowest BCUT2D eigenvalue weighted by molar-refractivity contribution is -0.122. The van der Waals surface area contributed by atoms with E-state index in [9.17, 15) is 9.59 Å². The monoisotopic (exact) mass is 487 g/mol. The van der Waals surface area contributed by atoms with Gasteiger partial charge in [-0.15, -0.1) is 0 Å². The SMILES string of the molecule is COc1cccc(NC(=O)[C@H]2Oc3c(c(=O)oc4ccccc34)[C@@H]2c2cc(OC)c3c(c2)OCO3)c1. The molecule has 0 bridgehead atoms. The van der Waals surface area contributed by atoms with Gasteiger partial charge in [-0.1, -0.05) is 18.2 Å². The second-order valence-corrected chi connectivity index (χ2v) is 8.32. The van der Waals surface area contributed by atoms with E-state index in [0.717, 1.165) is 0 Å². The molecule has 2 aliphatic heterocycles. The van der Waals surface area contributed by atoms with Gasteiger partial charge in [-0.05, 0) is 42.0 Å². The van der Waals surface area contributed by atoms with Crippen LogP contribution in [0.2, 0.25) is 0 Å². The summed E-state index contributed by atoms with van der Waals surface area (Å²) in [5, 5.41) is 3.48. The van der Waals surface area contributed by atoms with E-state index in [1.165, 1.54) is 7.11 Å². The molecule has 182 valence electrons. The number of hydrogen-bond acceptors (Lipinski definition) is 8. The van der Waals surface area contributed by atoms with E-state index in [-0.39, 0.29) is 12.4 Å². The number of para-hydroxylation sites is 1. The Kier molecular flexibility index (Phi) is 5.18. The summed E-state index contributed by atoms with van der Waals surface area (Å²) in [6.07, 6.45) is -1.08. The first-order chi connectivity index (χ1) is 17.6. The first kappa shape index (κ1) is 21.8. The van der Waals surface area contributed by atoms with E-state index in [2.05, 4.69) is 5.32 Å². The third kappa shape index (κ3) is 3.48. The summed E-state index contributed by atoms with van der Waals surface area (Å²) in [6.45, 7) is 0.0411. The molecule has 9 heteroatoms. The van der Waals surface area contributed by atoms with Crippen LogP contribution in [0, 0.1) is 0 Å². The molecule has 6 rings (SSSR count). The minimum absolute atomic E-state index is 0.0411. The smallest absolute Gasteiger partial charge is 0.344 e. The fourth-order valence-corrected chi connectivity index (χ4v) is 4.67. The Morgan fingerprint density at radius 2 is 1.83 bits per heavy atom. The third-order valence-electron chi connectivity index (χ3n) is 6.29. The first-order valence-electron chi connectivity index (χ1n) is 11.2. The predicted molar refractivity (Wildman–Crippen MR) is 129 cm³/mol. The van der Waals surface area contributed by atoms with E-state index in [1.807, 2.05) is 6.07 Å². The van der Waals surface area contributed by atoms with Crippen molar-refractivity contribution in [2.45, 2.75) is 12.0 Å². The lowest BCUT2D eigenvalue weighted by atomic mass is 9.87. The van der Waals surface area contributed by atoms with Crippen LogP contribution in [0.3, 0.4) is 0 Å². The van der Waals surface area contributed by atoms with Gasteiger partial charge in [-0.2, -0.15) is 0 Å². The van der Waals surface area contributed by atoms with Gasteiger partial charge in [0, 0.05) is 11.8 Å². The van der Waals surface area contributed by atoms with Crippen LogP contribution in [-0.2, 0) is 4.79 Å². The van der Waals surface area contributed by atoms with Gasteiger partial charge in [-0.3, -0.25) is 4.79 Å². The van der Waals surface area contributed by atoms with E-state index >= 15 is 0 Å². The molecule has 2 aliphatic rings. The molecule has 2 atom stereocenters. The number of nitrogens with one attached hydrogen (secondary N) is 1. The molecule has 0 fully saturated rings. The number of amides is 1. The van der Waals surface area contributed by atoms with Gasteiger partial charge in [-0.25, -0.2) is 4.79 Å². The molecular weight excluding hydrogens is 466 g/mol. The van der Waals surface area contributed by atoms with E-state index in [1.54, 1.807) is 61.7 Å². The molecule has 9 nitrogen and oxygen atoms in total. The summed E-state index contributed by atoms with van der Waals surface area (Å²) >= 11 is 0. The Morgan fingerprint density at radius 1 is 0.972 bits per heavy atom. The van der Waals surface area contributed by atoms with Crippen molar-refractivity contribution in [1.29, 1.82) is 0 Å². The molecular formula is C27H21NO8. The number of carbonyl (C=O) groups excluding carboxylic acids is 1. The molecule has 1 amide bonds. The fraction of sp³-hybridized carbons (Fsp3) is 0.185. The number of methoxy groups -OCH3 is 2. The van der Waals surface area contributed by atoms with Gasteiger partial charge < -0.3 is 33.4 Å². The molecule has 0 spiro atoms. The van der Waals surface area contributed by atoms with Crippen molar-refractivity contribution in [3.8, 4) is 28.7 Å². The van der Waals surface area contributed by atoms with Crippen molar-refractivity contribution in [2.24, 2.45) is 0 Å². The molecule has 0 saturated carbocycles. The van der Waals surface area contributed by atoms with Gasteiger partial charge in [0.1, 0.15) is 17.1 Å². The Hall–Kier alpha value is -4.66. The fourth-order valence-electron chi connectivity index (χ4n) is 4.67. The number of fused-ring (bicyclic) bond motifs is 4. The summed E-state index contributed by atoms with van der Waals surface area (Å²) in [5.41, 5.74) is 1.15. The summed E-state index contributed by atoms with van der Waals surface area (Å²) in [6, 6.07) is 17.5. The number of benzene rings is 3. The van der Waals surface area contributed by atoms with Crippen LogP contribution in [-0.4, -0.2) is 33.0 Å². The molecule has 4 aromatic rings. The molecule has 1 aromatic heterocycles. The Balaban J connectivity index is 1.50. The molecule has 3 aromatic carbocycles. The van der Waals surface area contributed by atoms with Gasteiger partial charge >= 0.3 is 5.63 Å². The highest BCUT2D eigenvalue weighted by molar-refractivity contribution is 5.98. The summed E-state index contributed by atoms with van der Waals surface area (Å²) in [4.78, 5) is 26.8. The number of rotatable bonds is 5. The normalized spacial score (nSPS) is 17.4. The van der Waals surface area contributed by atoms with Crippen LogP contribution < -0.4 is 34.6 Å². The third-order valence-corrected chi connectivity index (χ3v) is 6.29. The van der Waals surface area contributed by atoms with Crippen molar-refractivity contribution in [3.05, 3.63) is 82.2 Å². The standard InChI is InChI=1S/C27H21NO8/c1-31-16-7-5-6-15(12-16)28-26(29)25-21(14-10-19(32-2)24-20(11-14)33-13-34-24)22-23(36-25)17-8-3-4-9-18(17)35-27(22)30/h3-12,21,25H,13H2,1-2H3,(H,28,29)/t21-,25-/m0/s1. The van der Waals surface area contributed by atoms with Gasteiger partial charge in [0.15, 0.2) is 17.6 Å². The Morgan fingerprint density at radius 3 is 2.67 bits per heavy atom. The zero-order valence-corrected chi connectivity index (χ0v) is 19.4. The largest absolute Gasteiger partial charge is 0.497 e. The van der Waals surface area contributed by atoms with Crippen LogP contribution >= 0.6 is 0 Å². The minimum atomic E-state index is -1.08. The zero-order valence-electron chi connectivity index (χ0n) is 19.4. The molecule has 3 heterocycles. The molecule has 0 saturated heterocycles. The highest BCUT2D eigenvalue weighted by Gasteiger charge is 2.45. The molecule has 0 unspecified atom stereocenters. The highest BCUT2D eigenvalue weighted by Crippen LogP contribution is 2.49. The number of hydrogen-bond donors (Lipinski definition) is 1. The van der Waals surface area contributed by atoms with Gasteiger partial charge in [0.05, 0.1) is 31.1 Å². The molecule has 36 heavy (non-hydrogen) atoms. The molecule has 1 N–H and O–H groups in total. The quantitative estimate of drug-likeness (QED) is 0.420. The predicted octanol–water partition coefficient (Wildman–Crippen LogP) is 4.07. The van der Waals surface area contributed by atoms with Crippen LogP contribution in [0.5, 0.6) is 28.7 Å². The highest BCUT2D eigenvalue weighted by atomic mass is 16.7. The summed E-state index contributed by atoms with van der Waals surface area (Å²) < 4.78 is 33.7. The first-order valence-corrected chi connectivity index (χ1v) is 11.2. The van der Waals surface area contributed by atoms with Crippen LogP contribution in [0.1, 0.15) is 17.0 Å². The van der Waals surface area contributed by atoms with E-state index < -0.39 is 23.6 Å². The second kappa shape index (κ2) is 8.53. The number of ether oxygens (including phenoxy) is 5. The maximum absolute atomic E-state index is 13.6. The van der Waals surface area contributed by atoms with Crippen LogP contribution in [0.15, 0.2) is 69.9 Å². The second-order valence-electron chi connectivity index (χ2n) is 8.32. The maximum Gasteiger partial charge on any atom is 0.344 e. The number of anilines is 1. The molecule has 0 aliphatic carbocycles.